The molecule has 1 atom stereocenters. The van der Waals surface area contributed by atoms with Gasteiger partial charge in [0.15, 0.2) is 0 Å². The Balaban J connectivity index is 1.49. The molecule has 0 N–H and O–H groups in total. The molecule has 2 heterocycles. The summed E-state index contributed by atoms with van der Waals surface area (Å²) in [4.78, 5) is 17.1. The third-order valence-corrected chi connectivity index (χ3v) is 5.02. The van der Waals surface area contributed by atoms with Crippen molar-refractivity contribution in [2.45, 2.75) is 32.3 Å². The predicted octanol–water partition coefficient (Wildman–Crippen LogP) is 1.88. The van der Waals surface area contributed by atoms with Crippen LogP contribution in [0.5, 0.6) is 0 Å². The fraction of sp³-hybridized carbons (Fsp3) is 0.650. The summed E-state index contributed by atoms with van der Waals surface area (Å²) in [6.45, 7) is 8.76. The number of carbonyl (C=O) groups excluding carboxylic acids is 1. The van der Waals surface area contributed by atoms with E-state index in [0.29, 0.717) is 13.0 Å². The SMILES string of the molecule is Cc1ccc(CCC(=O)N2CCCO[C@@H](CN3CCOCC3)C2)cc1. The standard InChI is InChI=1S/C20H30N2O3/c1-17-3-5-18(6-4-17)7-8-20(23)22-9-2-12-25-19(16-22)15-21-10-13-24-14-11-21/h3-6,19H,2,7-16H2,1H3/t19-/m0/s1. The molecule has 0 aliphatic carbocycles. The van der Waals surface area contributed by atoms with Crippen molar-refractivity contribution in [2.24, 2.45) is 0 Å². The van der Waals surface area contributed by atoms with Crippen LogP contribution in [0.4, 0.5) is 0 Å². The van der Waals surface area contributed by atoms with Gasteiger partial charge in [-0.15, -0.1) is 0 Å². The lowest BCUT2D eigenvalue weighted by molar-refractivity contribution is -0.132. The zero-order chi connectivity index (χ0) is 17.5. The van der Waals surface area contributed by atoms with Gasteiger partial charge in [0, 0.05) is 45.8 Å². The molecule has 2 saturated heterocycles. The predicted molar refractivity (Wildman–Crippen MR) is 97.7 cm³/mol. The molecule has 1 aromatic rings. The Morgan fingerprint density at radius 2 is 1.88 bits per heavy atom. The van der Waals surface area contributed by atoms with E-state index in [1.165, 1.54) is 11.1 Å². The van der Waals surface area contributed by atoms with E-state index in [9.17, 15) is 4.79 Å². The second kappa shape index (κ2) is 9.32. The summed E-state index contributed by atoms with van der Waals surface area (Å²) < 4.78 is 11.4. The topological polar surface area (TPSA) is 42.0 Å². The minimum atomic E-state index is 0.115. The molecule has 138 valence electrons. The van der Waals surface area contributed by atoms with Crippen LogP contribution >= 0.6 is 0 Å². The molecule has 5 nitrogen and oxygen atoms in total. The summed E-state index contributed by atoms with van der Waals surface area (Å²) in [6, 6.07) is 8.46. The van der Waals surface area contributed by atoms with Gasteiger partial charge in [-0.1, -0.05) is 29.8 Å². The fourth-order valence-corrected chi connectivity index (χ4v) is 3.47. The number of hydrogen-bond donors (Lipinski definition) is 0. The molecule has 0 aromatic heterocycles. The van der Waals surface area contributed by atoms with Crippen molar-refractivity contribution in [3.8, 4) is 0 Å². The monoisotopic (exact) mass is 346 g/mol. The maximum absolute atomic E-state index is 12.7. The van der Waals surface area contributed by atoms with E-state index >= 15 is 0 Å². The molecule has 0 bridgehead atoms. The van der Waals surface area contributed by atoms with Crippen LogP contribution in [-0.4, -0.2) is 74.4 Å². The minimum absolute atomic E-state index is 0.115. The van der Waals surface area contributed by atoms with E-state index < -0.39 is 0 Å². The molecule has 0 spiro atoms. The van der Waals surface area contributed by atoms with E-state index in [2.05, 4.69) is 36.1 Å². The van der Waals surface area contributed by atoms with Crippen LogP contribution in [0.25, 0.3) is 0 Å². The minimum Gasteiger partial charge on any atom is -0.379 e. The van der Waals surface area contributed by atoms with Crippen LogP contribution < -0.4 is 0 Å². The number of benzene rings is 1. The van der Waals surface area contributed by atoms with Crippen LogP contribution in [-0.2, 0) is 20.7 Å². The summed E-state index contributed by atoms with van der Waals surface area (Å²) in [5.74, 6) is 0.248. The fourth-order valence-electron chi connectivity index (χ4n) is 3.47. The van der Waals surface area contributed by atoms with Crippen molar-refractivity contribution in [2.75, 3.05) is 52.5 Å². The molecule has 5 heteroatoms. The summed E-state index contributed by atoms with van der Waals surface area (Å²) >= 11 is 0. The summed E-state index contributed by atoms with van der Waals surface area (Å²) in [6.07, 6.45) is 2.43. The first-order chi connectivity index (χ1) is 12.2. The number of morpholine rings is 1. The summed E-state index contributed by atoms with van der Waals surface area (Å²) in [7, 11) is 0. The Bertz CT molecular complexity index is 540. The maximum Gasteiger partial charge on any atom is 0.222 e. The Morgan fingerprint density at radius 3 is 2.64 bits per heavy atom. The first-order valence-electron chi connectivity index (χ1n) is 9.46. The van der Waals surface area contributed by atoms with Crippen molar-refractivity contribution in [1.82, 2.24) is 9.80 Å². The Morgan fingerprint density at radius 1 is 1.12 bits per heavy atom. The molecule has 2 aliphatic rings. The lowest BCUT2D eigenvalue weighted by Crippen LogP contribution is -2.45. The first kappa shape index (κ1) is 18.4. The largest absolute Gasteiger partial charge is 0.379 e. The molecule has 0 radical (unpaired) electrons. The molecule has 0 unspecified atom stereocenters. The van der Waals surface area contributed by atoms with Gasteiger partial charge in [0.1, 0.15) is 0 Å². The van der Waals surface area contributed by atoms with Gasteiger partial charge in [-0.2, -0.15) is 0 Å². The number of carbonyl (C=O) groups is 1. The van der Waals surface area contributed by atoms with Gasteiger partial charge in [0.05, 0.1) is 19.3 Å². The van der Waals surface area contributed by atoms with Crippen LogP contribution in [0.2, 0.25) is 0 Å². The average molecular weight is 346 g/mol. The van der Waals surface area contributed by atoms with E-state index in [1.807, 2.05) is 4.90 Å². The molecule has 1 aromatic carbocycles. The van der Waals surface area contributed by atoms with Crippen LogP contribution in [0.3, 0.4) is 0 Å². The number of rotatable bonds is 5. The number of ether oxygens (including phenoxy) is 2. The molecule has 0 saturated carbocycles. The Labute approximate surface area is 150 Å². The molecular formula is C20H30N2O3. The van der Waals surface area contributed by atoms with E-state index in [1.54, 1.807) is 0 Å². The maximum atomic E-state index is 12.7. The quantitative estimate of drug-likeness (QED) is 0.816. The van der Waals surface area contributed by atoms with Crippen LogP contribution in [0.1, 0.15) is 24.0 Å². The van der Waals surface area contributed by atoms with Crippen molar-refractivity contribution in [1.29, 1.82) is 0 Å². The Hall–Kier alpha value is -1.43. The lowest BCUT2D eigenvalue weighted by atomic mass is 10.1. The van der Waals surface area contributed by atoms with Crippen LogP contribution in [0.15, 0.2) is 24.3 Å². The highest BCUT2D eigenvalue weighted by Gasteiger charge is 2.24. The lowest BCUT2D eigenvalue weighted by Gasteiger charge is -2.31. The van der Waals surface area contributed by atoms with Gasteiger partial charge in [-0.3, -0.25) is 9.69 Å². The second-order valence-electron chi connectivity index (χ2n) is 7.08. The van der Waals surface area contributed by atoms with Gasteiger partial charge >= 0.3 is 0 Å². The van der Waals surface area contributed by atoms with Gasteiger partial charge < -0.3 is 14.4 Å². The second-order valence-corrected chi connectivity index (χ2v) is 7.08. The highest BCUT2D eigenvalue weighted by Crippen LogP contribution is 2.12. The van der Waals surface area contributed by atoms with Crippen molar-refractivity contribution < 1.29 is 14.3 Å². The number of hydrogen-bond acceptors (Lipinski definition) is 4. The Kier molecular flexibility index (Phi) is 6.84. The average Bonchev–Trinajstić information content (AvgIpc) is 2.87. The molecule has 1 amide bonds. The normalized spacial score (nSPS) is 22.6. The van der Waals surface area contributed by atoms with Gasteiger partial charge in [0.25, 0.3) is 0 Å². The smallest absolute Gasteiger partial charge is 0.222 e. The number of nitrogens with zero attached hydrogens (tertiary/aromatic N) is 2. The van der Waals surface area contributed by atoms with Gasteiger partial charge in [0.2, 0.25) is 5.91 Å². The van der Waals surface area contributed by atoms with Gasteiger partial charge in [-0.25, -0.2) is 0 Å². The van der Waals surface area contributed by atoms with Crippen molar-refractivity contribution >= 4 is 5.91 Å². The van der Waals surface area contributed by atoms with Gasteiger partial charge in [-0.05, 0) is 25.3 Å². The first-order valence-corrected chi connectivity index (χ1v) is 9.46. The van der Waals surface area contributed by atoms with E-state index in [-0.39, 0.29) is 12.0 Å². The summed E-state index contributed by atoms with van der Waals surface area (Å²) in [5, 5.41) is 0. The molecule has 25 heavy (non-hydrogen) atoms. The molecule has 2 fully saturated rings. The highest BCUT2D eigenvalue weighted by molar-refractivity contribution is 5.76. The zero-order valence-electron chi connectivity index (χ0n) is 15.3. The number of amides is 1. The third kappa shape index (κ3) is 5.80. The molecule has 3 rings (SSSR count). The summed E-state index contributed by atoms with van der Waals surface area (Å²) in [5.41, 5.74) is 2.49. The third-order valence-electron chi connectivity index (χ3n) is 5.02. The van der Waals surface area contributed by atoms with Crippen molar-refractivity contribution in [3.05, 3.63) is 35.4 Å². The highest BCUT2D eigenvalue weighted by atomic mass is 16.5. The number of aryl methyl sites for hydroxylation is 2. The van der Waals surface area contributed by atoms with Crippen molar-refractivity contribution in [3.63, 3.8) is 0 Å². The van der Waals surface area contributed by atoms with E-state index in [0.717, 1.165) is 58.8 Å². The molecule has 2 aliphatic heterocycles. The zero-order valence-corrected chi connectivity index (χ0v) is 15.3. The molecular weight excluding hydrogens is 316 g/mol. The van der Waals surface area contributed by atoms with E-state index in [4.69, 9.17) is 9.47 Å². The van der Waals surface area contributed by atoms with Crippen LogP contribution in [0, 0.1) is 6.92 Å².